The molecule has 8 heteroatoms. The number of benzene rings is 3. The van der Waals surface area contributed by atoms with E-state index in [1.165, 1.54) is 11.6 Å². The van der Waals surface area contributed by atoms with Crippen LogP contribution in [-0.2, 0) is 4.79 Å². The van der Waals surface area contributed by atoms with Gasteiger partial charge < -0.3 is 9.80 Å². The van der Waals surface area contributed by atoms with Crippen molar-refractivity contribution in [2.24, 2.45) is 0 Å². The predicted molar refractivity (Wildman–Crippen MR) is 151 cm³/mol. The molecule has 5 rings (SSSR count). The van der Waals surface area contributed by atoms with E-state index in [4.69, 9.17) is 0 Å². The largest absolute Gasteiger partial charge is 0.366 e. The second kappa shape index (κ2) is 12.3. The zero-order chi connectivity index (χ0) is 26.3. The molecule has 1 fully saturated rings. The van der Waals surface area contributed by atoms with Crippen LogP contribution in [-0.4, -0.2) is 57.5 Å². The Kier molecular flexibility index (Phi) is 8.38. The molecule has 196 valence electrons. The number of amides is 1. The molecule has 0 aliphatic carbocycles. The third-order valence-corrected chi connectivity index (χ3v) is 7.81. The number of carbonyl (C=O) groups excluding carboxylic acids is 1. The van der Waals surface area contributed by atoms with Crippen LogP contribution in [0.3, 0.4) is 0 Å². The van der Waals surface area contributed by atoms with Crippen LogP contribution in [0.2, 0.25) is 0 Å². The summed E-state index contributed by atoms with van der Waals surface area (Å²) in [6.45, 7) is 4.64. The molecule has 0 spiro atoms. The van der Waals surface area contributed by atoms with E-state index < -0.39 is 0 Å². The van der Waals surface area contributed by atoms with Gasteiger partial charge >= 0.3 is 0 Å². The van der Waals surface area contributed by atoms with Crippen molar-refractivity contribution in [1.29, 1.82) is 0 Å². The fourth-order valence-corrected chi connectivity index (χ4v) is 5.62. The van der Waals surface area contributed by atoms with E-state index >= 15 is 0 Å². The van der Waals surface area contributed by atoms with Crippen LogP contribution >= 0.6 is 11.8 Å². The average molecular weight is 530 g/mol. The normalized spacial score (nSPS) is 13.6. The SMILES string of the molecule is Cc1ccc(-c2nnc(SCCCCC(=O)N3CCN(c4ccccc4F)CC3)n2-c2ccccc2)cc1. The first-order valence-corrected chi connectivity index (χ1v) is 14.1. The molecule has 0 unspecified atom stereocenters. The average Bonchev–Trinajstić information content (AvgIpc) is 3.38. The van der Waals surface area contributed by atoms with Gasteiger partial charge in [0.1, 0.15) is 5.82 Å². The summed E-state index contributed by atoms with van der Waals surface area (Å²) in [7, 11) is 0. The van der Waals surface area contributed by atoms with Gasteiger partial charge in [0.25, 0.3) is 0 Å². The Morgan fingerprint density at radius 2 is 1.58 bits per heavy atom. The zero-order valence-corrected chi connectivity index (χ0v) is 22.4. The maximum absolute atomic E-state index is 14.1. The van der Waals surface area contributed by atoms with Gasteiger partial charge in [0, 0.05) is 49.6 Å². The topological polar surface area (TPSA) is 54.3 Å². The van der Waals surface area contributed by atoms with Gasteiger partial charge in [0.15, 0.2) is 11.0 Å². The number of para-hydroxylation sites is 2. The van der Waals surface area contributed by atoms with Gasteiger partial charge in [-0.2, -0.15) is 0 Å². The number of aryl methyl sites for hydroxylation is 1. The van der Waals surface area contributed by atoms with E-state index in [9.17, 15) is 9.18 Å². The molecule has 1 saturated heterocycles. The van der Waals surface area contributed by atoms with Crippen molar-refractivity contribution in [3.8, 4) is 17.1 Å². The Balaban J connectivity index is 1.13. The number of piperazine rings is 1. The molecule has 0 bridgehead atoms. The third kappa shape index (κ3) is 6.07. The Morgan fingerprint density at radius 1 is 0.868 bits per heavy atom. The number of halogens is 1. The maximum atomic E-state index is 14.1. The van der Waals surface area contributed by atoms with E-state index in [-0.39, 0.29) is 11.7 Å². The Labute approximate surface area is 227 Å². The Hall–Kier alpha value is -3.65. The smallest absolute Gasteiger partial charge is 0.222 e. The lowest BCUT2D eigenvalue weighted by Gasteiger charge is -2.36. The summed E-state index contributed by atoms with van der Waals surface area (Å²) in [6, 6.07) is 25.3. The number of thioether (sulfide) groups is 1. The van der Waals surface area contributed by atoms with E-state index in [1.807, 2.05) is 34.1 Å². The maximum Gasteiger partial charge on any atom is 0.222 e. The summed E-state index contributed by atoms with van der Waals surface area (Å²) >= 11 is 1.67. The second-order valence-corrected chi connectivity index (χ2v) is 10.5. The molecule has 1 aliphatic heterocycles. The number of rotatable bonds is 9. The molecule has 1 aliphatic rings. The molecule has 1 aromatic heterocycles. The van der Waals surface area contributed by atoms with Crippen LogP contribution in [0.15, 0.2) is 84.0 Å². The highest BCUT2D eigenvalue weighted by molar-refractivity contribution is 7.99. The molecule has 0 saturated carbocycles. The highest BCUT2D eigenvalue weighted by Gasteiger charge is 2.22. The molecule has 2 heterocycles. The highest BCUT2D eigenvalue weighted by Crippen LogP contribution is 2.29. The lowest BCUT2D eigenvalue weighted by Crippen LogP contribution is -2.49. The summed E-state index contributed by atoms with van der Waals surface area (Å²) in [6.07, 6.45) is 2.26. The summed E-state index contributed by atoms with van der Waals surface area (Å²) in [5.74, 6) is 1.65. The number of aromatic nitrogens is 3. The van der Waals surface area contributed by atoms with Crippen molar-refractivity contribution in [3.63, 3.8) is 0 Å². The van der Waals surface area contributed by atoms with E-state index in [0.717, 1.165) is 40.8 Å². The van der Waals surface area contributed by atoms with Crippen molar-refractivity contribution in [2.45, 2.75) is 31.3 Å². The standard InChI is InChI=1S/C30H32FN5OS/c1-23-14-16-24(17-15-23)29-32-33-30(36(29)25-9-3-2-4-10-25)38-22-8-7-13-28(37)35-20-18-34(19-21-35)27-12-6-5-11-26(27)31/h2-6,9-12,14-17H,7-8,13,18-22H2,1H3. The molecule has 6 nitrogen and oxygen atoms in total. The van der Waals surface area contributed by atoms with Crippen molar-refractivity contribution in [2.75, 3.05) is 36.8 Å². The van der Waals surface area contributed by atoms with Gasteiger partial charge in [-0.05, 0) is 44.0 Å². The third-order valence-electron chi connectivity index (χ3n) is 6.80. The fourth-order valence-electron chi connectivity index (χ4n) is 4.67. The van der Waals surface area contributed by atoms with Crippen LogP contribution in [0.4, 0.5) is 10.1 Å². The molecule has 4 aromatic rings. The quantitative estimate of drug-likeness (QED) is 0.197. The number of carbonyl (C=O) groups is 1. The van der Waals surface area contributed by atoms with Crippen molar-refractivity contribution in [3.05, 3.63) is 90.2 Å². The van der Waals surface area contributed by atoms with Crippen molar-refractivity contribution in [1.82, 2.24) is 19.7 Å². The molecular weight excluding hydrogens is 497 g/mol. The minimum Gasteiger partial charge on any atom is -0.366 e. The number of nitrogens with zero attached hydrogens (tertiary/aromatic N) is 5. The molecule has 0 atom stereocenters. The molecule has 0 radical (unpaired) electrons. The first-order chi connectivity index (χ1) is 18.6. The number of unbranched alkanes of at least 4 members (excludes halogenated alkanes) is 1. The number of hydrogen-bond donors (Lipinski definition) is 0. The molecule has 1 amide bonds. The summed E-state index contributed by atoms with van der Waals surface area (Å²) in [4.78, 5) is 16.7. The fraction of sp³-hybridized carbons (Fsp3) is 0.300. The van der Waals surface area contributed by atoms with E-state index in [2.05, 4.69) is 58.1 Å². The van der Waals surface area contributed by atoms with Crippen molar-refractivity contribution >= 4 is 23.4 Å². The summed E-state index contributed by atoms with van der Waals surface area (Å²) < 4.78 is 16.2. The summed E-state index contributed by atoms with van der Waals surface area (Å²) in [5.41, 5.74) is 3.88. The van der Waals surface area contributed by atoms with Crippen molar-refractivity contribution < 1.29 is 9.18 Å². The van der Waals surface area contributed by atoms with Crippen LogP contribution in [0.25, 0.3) is 17.1 Å². The van der Waals surface area contributed by atoms with Crippen LogP contribution in [0.1, 0.15) is 24.8 Å². The Bertz CT molecular complexity index is 1350. The van der Waals surface area contributed by atoms with Gasteiger partial charge in [-0.1, -0.05) is 71.9 Å². The second-order valence-electron chi connectivity index (χ2n) is 9.47. The van der Waals surface area contributed by atoms with E-state index in [0.29, 0.717) is 38.3 Å². The molecule has 38 heavy (non-hydrogen) atoms. The molecule has 3 aromatic carbocycles. The first-order valence-electron chi connectivity index (χ1n) is 13.1. The number of anilines is 1. The lowest BCUT2D eigenvalue weighted by molar-refractivity contribution is -0.131. The minimum atomic E-state index is -0.209. The van der Waals surface area contributed by atoms with Crippen LogP contribution in [0, 0.1) is 12.7 Å². The van der Waals surface area contributed by atoms with Gasteiger partial charge in [0.2, 0.25) is 5.91 Å². The highest BCUT2D eigenvalue weighted by atomic mass is 32.2. The van der Waals surface area contributed by atoms with Gasteiger partial charge in [0.05, 0.1) is 5.69 Å². The van der Waals surface area contributed by atoms with Gasteiger partial charge in [-0.25, -0.2) is 4.39 Å². The summed E-state index contributed by atoms with van der Waals surface area (Å²) in [5, 5.41) is 9.87. The van der Waals surface area contributed by atoms with Gasteiger partial charge in [-0.3, -0.25) is 9.36 Å². The molecule has 0 N–H and O–H groups in total. The van der Waals surface area contributed by atoms with Crippen LogP contribution in [0.5, 0.6) is 0 Å². The monoisotopic (exact) mass is 529 g/mol. The lowest BCUT2D eigenvalue weighted by atomic mass is 10.1. The van der Waals surface area contributed by atoms with Gasteiger partial charge in [-0.15, -0.1) is 10.2 Å². The predicted octanol–water partition coefficient (Wildman–Crippen LogP) is 5.99. The first kappa shape index (κ1) is 26.0. The van der Waals surface area contributed by atoms with E-state index in [1.54, 1.807) is 23.9 Å². The molecular formula is C30H32FN5OS. The Morgan fingerprint density at radius 3 is 2.32 bits per heavy atom. The number of hydrogen-bond acceptors (Lipinski definition) is 5. The minimum absolute atomic E-state index is 0.178. The van der Waals surface area contributed by atoms with Crippen LogP contribution < -0.4 is 4.90 Å². The zero-order valence-electron chi connectivity index (χ0n) is 21.6.